The fourth-order valence-electron chi connectivity index (χ4n) is 3.63. The quantitative estimate of drug-likeness (QED) is 0.623. The predicted octanol–water partition coefficient (Wildman–Crippen LogP) is 5.20. The smallest absolute Gasteiger partial charge is 0.165 e. The summed E-state index contributed by atoms with van der Waals surface area (Å²) in [6, 6.07) is 19.5. The van der Waals surface area contributed by atoms with Gasteiger partial charge in [0.2, 0.25) is 0 Å². The monoisotopic (exact) mass is 377 g/mol. The maximum Gasteiger partial charge on any atom is 0.165 e. The zero-order valence-corrected chi connectivity index (χ0v) is 16.2. The molecule has 0 spiro atoms. The van der Waals surface area contributed by atoms with Gasteiger partial charge in [-0.15, -0.1) is 0 Å². The van der Waals surface area contributed by atoms with Crippen LogP contribution in [-0.2, 0) is 13.1 Å². The van der Waals surface area contributed by atoms with E-state index in [1.807, 2.05) is 12.1 Å². The second-order valence-corrected chi connectivity index (χ2v) is 7.22. The molecular weight excluding hydrogens is 353 g/mol. The average Bonchev–Trinajstić information content (AvgIpc) is 2.89. The lowest BCUT2D eigenvalue weighted by Gasteiger charge is -2.20. The zero-order chi connectivity index (χ0) is 19.5. The molecule has 28 heavy (non-hydrogen) atoms. The van der Waals surface area contributed by atoms with E-state index in [1.165, 1.54) is 11.6 Å². The van der Waals surface area contributed by atoms with Crippen molar-refractivity contribution in [1.29, 1.82) is 0 Å². The summed E-state index contributed by atoms with van der Waals surface area (Å²) in [6.07, 6.45) is 0. The van der Waals surface area contributed by atoms with Crippen molar-refractivity contribution >= 4 is 0 Å². The second-order valence-electron chi connectivity index (χ2n) is 7.22. The standard InChI is InChI=1S/C24H24FNO2/c1-17-6-8-19(9-7-17)20-13-21-16-26(15-18-4-3-5-22(25)12-18)10-11-28-24(21)23(14-20)27-2/h3-9,12-14H,10-11,15-16H2,1-2H3. The summed E-state index contributed by atoms with van der Waals surface area (Å²) in [5.74, 6) is 1.35. The van der Waals surface area contributed by atoms with Gasteiger partial charge in [-0.1, -0.05) is 42.0 Å². The number of ether oxygens (including phenoxy) is 2. The van der Waals surface area contributed by atoms with Crippen molar-refractivity contribution in [2.75, 3.05) is 20.3 Å². The lowest BCUT2D eigenvalue weighted by atomic mass is 10.0. The molecule has 144 valence electrons. The molecule has 1 aliphatic rings. The Labute approximate surface area is 165 Å². The first-order chi connectivity index (χ1) is 13.6. The second kappa shape index (κ2) is 8.03. The van der Waals surface area contributed by atoms with Gasteiger partial charge >= 0.3 is 0 Å². The number of hydrogen-bond acceptors (Lipinski definition) is 3. The molecule has 0 saturated heterocycles. The third kappa shape index (κ3) is 4.02. The van der Waals surface area contributed by atoms with Crippen LogP contribution in [0.25, 0.3) is 11.1 Å². The Morgan fingerprint density at radius 1 is 1.04 bits per heavy atom. The molecule has 0 aliphatic carbocycles. The van der Waals surface area contributed by atoms with E-state index in [1.54, 1.807) is 19.2 Å². The van der Waals surface area contributed by atoms with Crippen LogP contribution >= 0.6 is 0 Å². The van der Waals surface area contributed by atoms with Crippen molar-refractivity contribution in [3.05, 3.63) is 83.2 Å². The minimum atomic E-state index is -0.202. The molecule has 1 aliphatic heterocycles. The molecule has 0 saturated carbocycles. The lowest BCUT2D eigenvalue weighted by molar-refractivity contribution is 0.216. The van der Waals surface area contributed by atoms with Crippen LogP contribution in [0.2, 0.25) is 0 Å². The van der Waals surface area contributed by atoms with Gasteiger partial charge in [-0.3, -0.25) is 4.90 Å². The molecule has 3 nitrogen and oxygen atoms in total. The van der Waals surface area contributed by atoms with Gasteiger partial charge in [0.15, 0.2) is 11.5 Å². The highest BCUT2D eigenvalue weighted by Gasteiger charge is 2.20. The first-order valence-electron chi connectivity index (χ1n) is 9.50. The van der Waals surface area contributed by atoms with Crippen LogP contribution < -0.4 is 9.47 Å². The fourth-order valence-corrected chi connectivity index (χ4v) is 3.63. The van der Waals surface area contributed by atoms with Crippen molar-refractivity contribution in [3.63, 3.8) is 0 Å². The van der Waals surface area contributed by atoms with Gasteiger partial charge in [-0.05, 0) is 47.9 Å². The highest BCUT2D eigenvalue weighted by Crippen LogP contribution is 2.38. The van der Waals surface area contributed by atoms with Gasteiger partial charge in [0.05, 0.1) is 7.11 Å². The van der Waals surface area contributed by atoms with Crippen LogP contribution in [-0.4, -0.2) is 25.2 Å². The first kappa shape index (κ1) is 18.5. The summed E-state index contributed by atoms with van der Waals surface area (Å²) in [5.41, 5.74) is 5.53. The Balaban J connectivity index is 1.66. The third-order valence-electron chi connectivity index (χ3n) is 5.08. The first-order valence-corrected chi connectivity index (χ1v) is 9.50. The van der Waals surface area contributed by atoms with Crippen molar-refractivity contribution in [1.82, 2.24) is 4.90 Å². The van der Waals surface area contributed by atoms with Gasteiger partial charge in [0, 0.05) is 25.2 Å². The maximum absolute atomic E-state index is 13.5. The average molecular weight is 377 g/mol. The molecule has 0 radical (unpaired) electrons. The molecule has 0 aromatic heterocycles. The molecule has 4 heteroatoms. The Morgan fingerprint density at radius 3 is 2.61 bits per heavy atom. The summed E-state index contributed by atoms with van der Waals surface area (Å²) in [4.78, 5) is 2.28. The van der Waals surface area contributed by atoms with Crippen LogP contribution in [0.3, 0.4) is 0 Å². The SMILES string of the molecule is COc1cc(-c2ccc(C)cc2)cc2c1OCCN(Cc1cccc(F)c1)C2. The number of methoxy groups -OCH3 is 1. The Kier molecular flexibility index (Phi) is 5.31. The molecule has 0 atom stereocenters. The fraction of sp³-hybridized carbons (Fsp3) is 0.250. The number of hydrogen-bond donors (Lipinski definition) is 0. The summed E-state index contributed by atoms with van der Waals surface area (Å²) in [6.45, 7) is 4.83. The van der Waals surface area contributed by atoms with E-state index < -0.39 is 0 Å². The summed E-state index contributed by atoms with van der Waals surface area (Å²) in [5, 5.41) is 0. The highest BCUT2D eigenvalue weighted by atomic mass is 19.1. The van der Waals surface area contributed by atoms with Crippen LogP contribution in [0.1, 0.15) is 16.7 Å². The predicted molar refractivity (Wildman–Crippen MR) is 109 cm³/mol. The van der Waals surface area contributed by atoms with E-state index in [0.717, 1.165) is 46.8 Å². The number of fused-ring (bicyclic) bond motifs is 1. The summed E-state index contributed by atoms with van der Waals surface area (Å²) >= 11 is 0. The Hall–Kier alpha value is -2.85. The third-order valence-corrected chi connectivity index (χ3v) is 5.08. The van der Waals surface area contributed by atoms with E-state index in [0.29, 0.717) is 13.2 Å². The minimum Gasteiger partial charge on any atom is -0.493 e. The largest absolute Gasteiger partial charge is 0.493 e. The molecule has 0 amide bonds. The molecular formula is C24H24FNO2. The molecule has 0 fully saturated rings. The zero-order valence-electron chi connectivity index (χ0n) is 16.2. The van der Waals surface area contributed by atoms with Gasteiger partial charge in [-0.2, -0.15) is 0 Å². The van der Waals surface area contributed by atoms with Crippen molar-refractivity contribution in [2.24, 2.45) is 0 Å². The van der Waals surface area contributed by atoms with Gasteiger partial charge in [-0.25, -0.2) is 4.39 Å². The molecule has 3 aromatic rings. The van der Waals surface area contributed by atoms with Crippen LogP contribution in [0.15, 0.2) is 60.7 Å². The minimum absolute atomic E-state index is 0.202. The highest BCUT2D eigenvalue weighted by molar-refractivity contribution is 5.69. The molecule has 0 N–H and O–H groups in total. The molecule has 0 bridgehead atoms. The van der Waals surface area contributed by atoms with E-state index in [2.05, 4.69) is 42.2 Å². The van der Waals surface area contributed by atoms with Gasteiger partial charge < -0.3 is 9.47 Å². The van der Waals surface area contributed by atoms with E-state index in [4.69, 9.17) is 9.47 Å². The molecule has 0 unspecified atom stereocenters. The van der Waals surface area contributed by atoms with Crippen molar-refractivity contribution in [2.45, 2.75) is 20.0 Å². The van der Waals surface area contributed by atoms with E-state index >= 15 is 0 Å². The number of benzene rings is 3. The maximum atomic E-state index is 13.5. The van der Waals surface area contributed by atoms with Crippen molar-refractivity contribution < 1.29 is 13.9 Å². The summed E-state index contributed by atoms with van der Waals surface area (Å²) < 4.78 is 25.2. The Bertz CT molecular complexity index is 969. The summed E-state index contributed by atoms with van der Waals surface area (Å²) in [7, 11) is 1.67. The molecule has 4 rings (SSSR count). The van der Waals surface area contributed by atoms with Crippen LogP contribution in [0, 0.1) is 12.7 Å². The lowest BCUT2D eigenvalue weighted by Crippen LogP contribution is -2.25. The number of halogens is 1. The van der Waals surface area contributed by atoms with Crippen molar-refractivity contribution in [3.8, 4) is 22.6 Å². The van der Waals surface area contributed by atoms with E-state index in [9.17, 15) is 4.39 Å². The van der Waals surface area contributed by atoms with Crippen LogP contribution in [0.5, 0.6) is 11.5 Å². The number of aryl methyl sites for hydroxylation is 1. The Morgan fingerprint density at radius 2 is 1.86 bits per heavy atom. The topological polar surface area (TPSA) is 21.7 Å². The number of nitrogens with zero attached hydrogens (tertiary/aromatic N) is 1. The number of rotatable bonds is 4. The molecule has 1 heterocycles. The molecule has 3 aromatic carbocycles. The van der Waals surface area contributed by atoms with Crippen LogP contribution in [0.4, 0.5) is 4.39 Å². The van der Waals surface area contributed by atoms with Gasteiger partial charge in [0.25, 0.3) is 0 Å². The van der Waals surface area contributed by atoms with Gasteiger partial charge in [0.1, 0.15) is 12.4 Å². The normalized spacial score (nSPS) is 14.1. The van der Waals surface area contributed by atoms with E-state index in [-0.39, 0.29) is 5.82 Å².